The molecule has 0 aliphatic heterocycles. The van der Waals surface area contributed by atoms with Crippen molar-refractivity contribution >= 4 is 11.7 Å². The number of hydrogen-bond acceptors (Lipinski definition) is 3. The molecule has 4 nitrogen and oxygen atoms in total. The van der Waals surface area contributed by atoms with Gasteiger partial charge in [0, 0.05) is 12.1 Å². The van der Waals surface area contributed by atoms with Gasteiger partial charge in [0.05, 0.1) is 0 Å². The van der Waals surface area contributed by atoms with Crippen LogP contribution >= 0.6 is 0 Å². The van der Waals surface area contributed by atoms with E-state index in [1.165, 1.54) is 0 Å². The highest BCUT2D eigenvalue weighted by atomic mass is 16.1. The fourth-order valence-corrected chi connectivity index (χ4v) is 1.42. The molecule has 0 spiro atoms. The molecule has 0 saturated heterocycles. The van der Waals surface area contributed by atoms with Crippen LogP contribution in [-0.4, -0.2) is 15.9 Å². The lowest BCUT2D eigenvalue weighted by molar-refractivity contribution is -0.119. The Morgan fingerprint density at radius 3 is 2.94 bits per heavy atom. The molecule has 0 aliphatic carbocycles. The molecular formula is C12H19N3O. The van der Waals surface area contributed by atoms with Crippen LogP contribution < -0.4 is 5.32 Å². The number of amides is 1. The maximum Gasteiger partial charge on any atom is 0.228 e. The van der Waals surface area contributed by atoms with Gasteiger partial charge in [-0.05, 0) is 19.4 Å². The molecule has 1 aromatic heterocycles. The summed E-state index contributed by atoms with van der Waals surface area (Å²) >= 11 is 0. The van der Waals surface area contributed by atoms with E-state index in [0.29, 0.717) is 11.6 Å². The molecule has 1 N–H and O–H groups in total. The molecule has 16 heavy (non-hydrogen) atoms. The van der Waals surface area contributed by atoms with Crippen LogP contribution in [0.3, 0.4) is 0 Å². The highest BCUT2D eigenvalue weighted by Gasteiger charge is 2.12. The predicted molar refractivity (Wildman–Crippen MR) is 64.1 cm³/mol. The number of aromatic nitrogens is 2. The van der Waals surface area contributed by atoms with Gasteiger partial charge in [0.15, 0.2) is 0 Å². The van der Waals surface area contributed by atoms with Gasteiger partial charge in [0.1, 0.15) is 11.6 Å². The molecule has 0 fully saturated rings. The second-order valence-corrected chi connectivity index (χ2v) is 4.02. The molecule has 1 atom stereocenters. The number of aryl methyl sites for hydroxylation is 1. The van der Waals surface area contributed by atoms with E-state index < -0.39 is 0 Å². The maximum absolute atomic E-state index is 11.8. The second-order valence-electron chi connectivity index (χ2n) is 4.02. The molecule has 0 radical (unpaired) electrons. The van der Waals surface area contributed by atoms with E-state index in [1.807, 2.05) is 6.92 Å². The average Bonchev–Trinajstić information content (AvgIpc) is 2.25. The zero-order chi connectivity index (χ0) is 12.0. The van der Waals surface area contributed by atoms with E-state index in [0.717, 1.165) is 19.3 Å². The molecule has 0 aromatic carbocycles. The third-order valence-electron chi connectivity index (χ3n) is 2.47. The van der Waals surface area contributed by atoms with Gasteiger partial charge in [-0.25, -0.2) is 9.97 Å². The normalized spacial score (nSPS) is 12.2. The van der Waals surface area contributed by atoms with Crippen LogP contribution in [0.25, 0.3) is 0 Å². The Balaban J connectivity index is 2.50. The Morgan fingerprint density at radius 2 is 2.31 bits per heavy atom. The number of anilines is 1. The topological polar surface area (TPSA) is 54.9 Å². The molecule has 4 heteroatoms. The van der Waals surface area contributed by atoms with Crippen molar-refractivity contribution in [3.63, 3.8) is 0 Å². The molecule has 1 rings (SSSR count). The first kappa shape index (κ1) is 12.6. The van der Waals surface area contributed by atoms with Crippen molar-refractivity contribution in [1.82, 2.24) is 9.97 Å². The maximum atomic E-state index is 11.8. The van der Waals surface area contributed by atoms with Gasteiger partial charge in [0.25, 0.3) is 0 Å². The fraction of sp³-hybridized carbons (Fsp3) is 0.583. The summed E-state index contributed by atoms with van der Waals surface area (Å²) in [4.78, 5) is 19.9. The molecule has 1 unspecified atom stereocenters. The van der Waals surface area contributed by atoms with Gasteiger partial charge >= 0.3 is 0 Å². The van der Waals surface area contributed by atoms with Crippen molar-refractivity contribution in [2.45, 2.75) is 40.0 Å². The predicted octanol–water partition coefficient (Wildman–Crippen LogP) is 2.55. The minimum absolute atomic E-state index is 0.0338. The van der Waals surface area contributed by atoms with Crippen LogP contribution in [0, 0.1) is 12.8 Å². The zero-order valence-corrected chi connectivity index (χ0v) is 10.2. The summed E-state index contributed by atoms with van der Waals surface area (Å²) in [6.07, 6.45) is 4.77. The summed E-state index contributed by atoms with van der Waals surface area (Å²) in [7, 11) is 0. The lowest BCUT2D eigenvalue weighted by Gasteiger charge is -2.10. The summed E-state index contributed by atoms with van der Waals surface area (Å²) in [5, 5.41) is 2.80. The number of nitrogens with one attached hydrogen (secondary N) is 1. The molecule has 1 heterocycles. The molecule has 88 valence electrons. The highest BCUT2D eigenvalue weighted by Crippen LogP contribution is 2.10. The van der Waals surface area contributed by atoms with E-state index in [-0.39, 0.29) is 11.8 Å². The molecule has 0 saturated carbocycles. The van der Waals surface area contributed by atoms with Gasteiger partial charge in [-0.15, -0.1) is 0 Å². The average molecular weight is 221 g/mol. The van der Waals surface area contributed by atoms with Crippen molar-refractivity contribution < 1.29 is 4.79 Å². The molecule has 1 amide bonds. The number of unbranched alkanes of at least 4 members (excludes halogenated alkanes) is 1. The molecular weight excluding hydrogens is 202 g/mol. The number of hydrogen-bond donors (Lipinski definition) is 1. The van der Waals surface area contributed by atoms with Gasteiger partial charge in [-0.1, -0.05) is 26.7 Å². The SMILES string of the molecule is CCCCC(C)C(=O)Nc1ccnc(C)n1. The first-order valence-corrected chi connectivity index (χ1v) is 5.74. The van der Waals surface area contributed by atoms with Crippen LogP contribution in [0.5, 0.6) is 0 Å². The summed E-state index contributed by atoms with van der Waals surface area (Å²) in [5.41, 5.74) is 0. The summed E-state index contributed by atoms with van der Waals surface area (Å²) in [5.74, 6) is 1.32. The minimum Gasteiger partial charge on any atom is -0.310 e. The zero-order valence-electron chi connectivity index (χ0n) is 10.2. The van der Waals surface area contributed by atoms with E-state index >= 15 is 0 Å². The van der Waals surface area contributed by atoms with E-state index in [1.54, 1.807) is 19.2 Å². The molecule has 1 aromatic rings. The number of carbonyl (C=O) groups excluding carboxylic acids is 1. The number of rotatable bonds is 5. The van der Waals surface area contributed by atoms with Crippen LogP contribution in [0.1, 0.15) is 38.9 Å². The van der Waals surface area contributed by atoms with E-state index in [9.17, 15) is 4.79 Å². The standard InChI is InChI=1S/C12H19N3O/c1-4-5-6-9(2)12(16)15-11-7-8-13-10(3)14-11/h7-9H,4-6H2,1-3H3,(H,13,14,15,16). The summed E-state index contributed by atoms with van der Waals surface area (Å²) in [6, 6.07) is 1.71. The van der Waals surface area contributed by atoms with Crippen LogP contribution in [0.15, 0.2) is 12.3 Å². The lowest BCUT2D eigenvalue weighted by Crippen LogP contribution is -2.21. The third kappa shape index (κ3) is 3.96. The van der Waals surface area contributed by atoms with Crippen LogP contribution in [0.4, 0.5) is 5.82 Å². The Labute approximate surface area is 96.5 Å². The van der Waals surface area contributed by atoms with E-state index in [2.05, 4.69) is 22.2 Å². The Morgan fingerprint density at radius 1 is 1.56 bits per heavy atom. The van der Waals surface area contributed by atoms with Crippen LogP contribution in [-0.2, 0) is 4.79 Å². The van der Waals surface area contributed by atoms with Crippen LogP contribution in [0.2, 0.25) is 0 Å². The summed E-state index contributed by atoms with van der Waals surface area (Å²) < 4.78 is 0. The summed E-state index contributed by atoms with van der Waals surface area (Å²) in [6.45, 7) is 5.87. The third-order valence-corrected chi connectivity index (χ3v) is 2.47. The fourth-order valence-electron chi connectivity index (χ4n) is 1.42. The molecule has 0 bridgehead atoms. The van der Waals surface area contributed by atoms with Crippen molar-refractivity contribution in [3.8, 4) is 0 Å². The minimum atomic E-state index is 0.0338. The van der Waals surface area contributed by atoms with Crippen molar-refractivity contribution in [2.75, 3.05) is 5.32 Å². The lowest BCUT2D eigenvalue weighted by atomic mass is 10.0. The highest BCUT2D eigenvalue weighted by molar-refractivity contribution is 5.91. The molecule has 0 aliphatic rings. The first-order valence-electron chi connectivity index (χ1n) is 5.74. The monoisotopic (exact) mass is 221 g/mol. The Bertz CT molecular complexity index is 352. The quantitative estimate of drug-likeness (QED) is 0.831. The number of carbonyl (C=O) groups is 1. The smallest absolute Gasteiger partial charge is 0.228 e. The Kier molecular flexibility index (Phi) is 4.89. The number of nitrogens with zero attached hydrogens (tertiary/aromatic N) is 2. The van der Waals surface area contributed by atoms with Gasteiger partial charge in [0.2, 0.25) is 5.91 Å². The van der Waals surface area contributed by atoms with Crippen molar-refractivity contribution in [2.24, 2.45) is 5.92 Å². The largest absolute Gasteiger partial charge is 0.310 e. The first-order chi connectivity index (χ1) is 7.63. The Hall–Kier alpha value is -1.45. The van der Waals surface area contributed by atoms with E-state index in [4.69, 9.17) is 0 Å². The van der Waals surface area contributed by atoms with Gasteiger partial charge < -0.3 is 5.32 Å². The van der Waals surface area contributed by atoms with Crippen molar-refractivity contribution in [3.05, 3.63) is 18.1 Å². The van der Waals surface area contributed by atoms with Crippen molar-refractivity contribution in [1.29, 1.82) is 0 Å². The second kappa shape index (κ2) is 6.20. The van der Waals surface area contributed by atoms with Gasteiger partial charge in [-0.3, -0.25) is 4.79 Å². The van der Waals surface area contributed by atoms with Gasteiger partial charge in [-0.2, -0.15) is 0 Å².